The van der Waals surface area contributed by atoms with Crippen LogP contribution in [0.5, 0.6) is 0 Å². The van der Waals surface area contributed by atoms with E-state index in [2.05, 4.69) is 67.4 Å². The number of aliphatic hydroxyl groups excluding tert-OH is 1. The zero-order valence-corrected chi connectivity index (χ0v) is 15.4. The smallest absolute Gasteiger partial charge is 0.0667 e. The van der Waals surface area contributed by atoms with Crippen LogP contribution in [0.3, 0.4) is 0 Å². The van der Waals surface area contributed by atoms with E-state index < -0.39 is 0 Å². The number of nitrogens with zero attached hydrogens (tertiary/aromatic N) is 1. The largest absolute Gasteiger partial charge is 0.392 e. The molecule has 25 heavy (non-hydrogen) atoms. The topological polar surface area (TPSA) is 23.5 Å². The van der Waals surface area contributed by atoms with Gasteiger partial charge in [-0.25, -0.2) is 0 Å². The Labute approximate surface area is 151 Å². The van der Waals surface area contributed by atoms with Crippen molar-refractivity contribution in [3.05, 3.63) is 70.8 Å². The summed E-state index contributed by atoms with van der Waals surface area (Å²) < 4.78 is 0. The van der Waals surface area contributed by atoms with Crippen molar-refractivity contribution in [2.45, 2.75) is 50.0 Å². The summed E-state index contributed by atoms with van der Waals surface area (Å²) in [6, 6.07) is 18.1. The first-order valence-corrected chi connectivity index (χ1v) is 9.71. The summed E-state index contributed by atoms with van der Waals surface area (Å²) in [5.41, 5.74) is 6.16. The van der Waals surface area contributed by atoms with Crippen LogP contribution in [0.1, 0.15) is 60.8 Å². The van der Waals surface area contributed by atoms with E-state index in [1.165, 1.54) is 35.1 Å². The lowest BCUT2D eigenvalue weighted by molar-refractivity contribution is 0.110. The summed E-state index contributed by atoms with van der Waals surface area (Å²) in [5, 5.41) is 10.6. The number of hydrogen-bond donors (Lipinski definition) is 1. The van der Waals surface area contributed by atoms with Gasteiger partial charge < -0.3 is 10.0 Å². The Kier molecular flexibility index (Phi) is 4.43. The molecule has 0 radical (unpaired) electrons. The first-order valence-electron chi connectivity index (χ1n) is 9.71. The van der Waals surface area contributed by atoms with Crippen LogP contribution in [-0.4, -0.2) is 36.2 Å². The van der Waals surface area contributed by atoms with Crippen LogP contribution in [0.25, 0.3) is 0 Å². The van der Waals surface area contributed by atoms with Gasteiger partial charge in [0.1, 0.15) is 0 Å². The number of fused-ring (bicyclic) bond motifs is 1. The number of likely N-dealkylation sites (N-methyl/N-ethyl adjacent to an activating group) is 1. The summed E-state index contributed by atoms with van der Waals surface area (Å²) >= 11 is 0. The fourth-order valence-corrected chi connectivity index (χ4v) is 5.14. The molecule has 0 heterocycles. The van der Waals surface area contributed by atoms with Gasteiger partial charge in [-0.2, -0.15) is 0 Å². The number of hydrogen-bond acceptors (Lipinski definition) is 2. The molecule has 1 N–H and O–H groups in total. The van der Waals surface area contributed by atoms with Crippen LogP contribution < -0.4 is 0 Å². The molecule has 0 spiro atoms. The minimum absolute atomic E-state index is 0.0910. The van der Waals surface area contributed by atoms with Crippen LogP contribution in [-0.2, 0) is 5.41 Å². The van der Waals surface area contributed by atoms with Gasteiger partial charge in [0.15, 0.2) is 0 Å². The number of rotatable bonds is 6. The molecule has 2 nitrogen and oxygen atoms in total. The Morgan fingerprint density at radius 2 is 1.68 bits per heavy atom. The second kappa shape index (κ2) is 6.59. The fourth-order valence-electron chi connectivity index (χ4n) is 5.14. The molecule has 2 heteroatoms. The Morgan fingerprint density at radius 1 is 1.08 bits per heavy atom. The normalized spacial score (nSPS) is 24.9. The minimum atomic E-state index is -0.252. The third-order valence-corrected chi connectivity index (χ3v) is 6.53. The minimum Gasteiger partial charge on any atom is -0.392 e. The fraction of sp³-hybridized carbons (Fsp3) is 0.478. The molecule has 3 aliphatic carbocycles. The molecule has 0 aliphatic heterocycles. The maximum Gasteiger partial charge on any atom is 0.0667 e. The predicted octanol–water partition coefficient (Wildman–Crippen LogP) is 4.30. The second-order valence-corrected chi connectivity index (χ2v) is 7.90. The van der Waals surface area contributed by atoms with E-state index >= 15 is 0 Å². The Balaban J connectivity index is 1.68. The standard InChI is InChI=1S/C23H29NO/c1-3-24(2)16-17(25)12-14-23-15-13-18(19-8-4-6-10-21(19)23)20-9-5-7-11-22(20)23/h4-11,17-18,25H,3,12-16H2,1-2H3. The third kappa shape index (κ3) is 2.72. The van der Waals surface area contributed by atoms with Crippen LogP contribution in [0.15, 0.2) is 48.5 Å². The van der Waals surface area contributed by atoms with E-state index in [4.69, 9.17) is 0 Å². The zero-order valence-electron chi connectivity index (χ0n) is 15.4. The lowest BCUT2D eigenvalue weighted by atomic mass is 9.54. The Bertz CT molecular complexity index is 706. The van der Waals surface area contributed by atoms with E-state index in [0.29, 0.717) is 5.92 Å². The highest BCUT2D eigenvalue weighted by atomic mass is 16.3. The molecule has 3 aliphatic rings. The van der Waals surface area contributed by atoms with Crippen molar-refractivity contribution in [3.8, 4) is 0 Å². The summed E-state index contributed by atoms with van der Waals surface area (Å²) in [5.74, 6) is 0.561. The SMILES string of the molecule is CCN(C)CC(O)CCC12CCC(c3ccccc31)c1ccccc12. The second-order valence-electron chi connectivity index (χ2n) is 7.90. The van der Waals surface area contributed by atoms with Crippen molar-refractivity contribution in [2.24, 2.45) is 0 Å². The van der Waals surface area contributed by atoms with Gasteiger partial charge in [-0.05, 0) is 61.5 Å². The monoisotopic (exact) mass is 335 g/mol. The molecule has 2 aromatic carbocycles. The molecule has 0 saturated carbocycles. The van der Waals surface area contributed by atoms with E-state index in [1.54, 1.807) is 0 Å². The quantitative estimate of drug-likeness (QED) is 0.850. The summed E-state index contributed by atoms with van der Waals surface area (Å²) in [6.45, 7) is 3.88. The molecule has 5 rings (SSSR count). The Morgan fingerprint density at radius 3 is 2.28 bits per heavy atom. The molecule has 1 unspecified atom stereocenters. The van der Waals surface area contributed by atoms with Crippen LogP contribution >= 0.6 is 0 Å². The van der Waals surface area contributed by atoms with Gasteiger partial charge in [-0.1, -0.05) is 55.5 Å². The Hall–Kier alpha value is -1.64. The van der Waals surface area contributed by atoms with E-state index in [1.807, 2.05) is 0 Å². The lowest BCUT2D eigenvalue weighted by Crippen LogP contribution is -2.41. The molecule has 2 bridgehead atoms. The molecule has 2 aromatic rings. The van der Waals surface area contributed by atoms with Crippen molar-refractivity contribution in [1.82, 2.24) is 4.90 Å². The average molecular weight is 335 g/mol. The van der Waals surface area contributed by atoms with E-state index in [9.17, 15) is 5.11 Å². The first kappa shape index (κ1) is 16.8. The van der Waals surface area contributed by atoms with Gasteiger partial charge in [0, 0.05) is 17.9 Å². The first-order chi connectivity index (χ1) is 12.2. The van der Waals surface area contributed by atoms with E-state index in [-0.39, 0.29) is 11.5 Å². The molecule has 0 saturated heterocycles. The summed E-state index contributed by atoms with van der Waals surface area (Å²) in [4.78, 5) is 2.20. The highest BCUT2D eigenvalue weighted by molar-refractivity contribution is 5.58. The van der Waals surface area contributed by atoms with Crippen LogP contribution in [0, 0.1) is 0 Å². The van der Waals surface area contributed by atoms with Gasteiger partial charge in [-0.15, -0.1) is 0 Å². The number of aliphatic hydroxyl groups is 1. The number of benzene rings is 2. The molecular weight excluding hydrogens is 306 g/mol. The maximum absolute atomic E-state index is 10.6. The molecule has 0 amide bonds. The highest BCUT2D eigenvalue weighted by Gasteiger charge is 2.47. The average Bonchev–Trinajstić information content (AvgIpc) is 2.67. The van der Waals surface area contributed by atoms with Gasteiger partial charge >= 0.3 is 0 Å². The predicted molar refractivity (Wildman–Crippen MR) is 103 cm³/mol. The lowest BCUT2D eigenvalue weighted by Gasteiger charge is -2.50. The van der Waals surface area contributed by atoms with Gasteiger partial charge in [0.2, 0.25) is 0 Å². The molecule has 0 fully saturated rings. The van der Waals surface area contributed by atoms with Crippen molar-refractivity contribution in [1.29, 1.82) is 0 Å². The molecule has 0 aromatic heterocycles. The maximum atomic E-state index is 10.6. The van der Waals surface area contributed by atoms with Crippen LogP contribution in [0.2, 0.25) is 0 Å². The van der Waals surface area contributed by atoms with E-state index in [0.717, 1.165) is 25.9 Å². The van der Waals surface area contributed by atoms with Crippen molar-refractivity contribution < 1.29 is 5.11 Å². The molecular formula is C23H29NO. The molecule has 1 atom stereocenters. The highest BCUT2D eigenvalue weighted by Crippen LogP contribution is 2.58. The summed E-state index contributed by atoms with van der Waals surface area (Å²) in [7, 11) is 2.08. The molecule has 132 valence electrons. The van der Waals surface area contributed by atoms with Gasteiger partial charge in [0.05, 0.1) is 6.10 Å². The van der Waals surface area contributed by atoms with Crippen molar-refractivity contribution in [2.75, 3.05) is 20.1 Å². The summed E-state index contributed by atoms with van der Waals surface area (Å²) in [6.07, 6.45) is 4.09. The third-order valence-electron chi connectivity index (χ3n) is 6.53. The van der Waals surface area contributed by atoms with Crippen molar-refractivity contribution in [3.63, 3.8) is 0 Å². The van der Waals surface area contributed by atoms with Crippen LogP contribution in [0.4, 0.5) is 0 Å². The zero-order chi connectivity index (χ0) is 17.4. The van der Waals surface area contributed by atoms with Gasteiger partial charge in [-0.3, -0.25) is 0 Å². The van der Waals surface area contributed by atoms with Gasteiger partial charge in [0.25, 0.3) is 0 Å². The van der Waals surface area contributed by atoms with Crippen molar-refractivity contribution >= 4 is 0 Å².